The van der Waals surface area contributed by atoms with Gasteiger partial charge in [0.15, 0.2) is 0 Å². The summed E-state index contributed by atoms with van der Waals surface area (Å²) in [5.74, 6) is 0. The van der Waals surface area contributed by atoms with Crippen LogP contribution in [-0.2, 0) is 4.74 Å². The SMILES string of the molecule is O=C(O)OCC1(SSc2ccc([N+](=O)[O-])cn2)CC1. The Morgan fingerprint density at radius 3 is 2.79 bits per heavy atom. The maximum absolute atomic E-state index is 10.5. The van der Waals surface area contributed by atoms with E-state index in [1.54, 1.807) is 6.07 Å². The van der Waals surface area contributed by atoms with E-state index in [1.807, 2.05) is 0 Å². The molecule has 102 valence electrons. The lowest BCUT2D eigenvalue weighted by Crippen LogP contribution is -2.14. The lowest BCUT2D eigenvalue weighted by atomic mass is 10.4. The summed E-state index contributed by atoms with van der Waals surface area (Å²) in [5.41, 5.74) is -0.0512. The maximum Gasteiger partial charge on any atom is 0.505 e. The third-order valence-corrected chi connectivity index (χ3v) is 5.70. The highest BCUT2D eigenvalue weighted by Gasteiger charge is 2.45. The van der Waals surface area contributed by atoms with E-state index in [9.17, 15) is 14.9 Å². The first-order valence-corrected chi connectivity index (χ1v) is 7.48. The summed E-state index contributed by atoms with van der Waals surface area (Å²) in [5, 5.41) is 19.6. The van der Waals surface area contributed by atoms with Crippen molar-refractivity contribution >= 4 is 33.4 Å². The number of carboxylic acid groups (broad SMARTS) is 1. The Morgan fingerprint density at radius 1 is 1.58 bits per heavy atom. The van der Waals surface area contributed by atoms with Gasteiger partial charge in [0.2, 0.25) is 0 Å². The molecule has 1 aromatic rings. The molecule has 1 N–H and O–H groups in total. The molecule has 0 saturated heterocycles. The summed E-state index contributed by atoms with van der Waals surface area (Å²) in [6, 6.07) is 2.97. The molecular formula is C10H10N2O5S2. The van der Waals surface area contributed by atoms with Crippen molar-refractivity contribution in [2.75, 3.05) is 6.61 Å². The Balaban J connectivity index is 1.85. The second-order valence-corrected chi connectivity index (χ2v) is 6.63. The molecule has 1 aliphatic rings. The van der Waals surface area contributed by atoms with Crippen molar-refractivity contribution in [3.05, 3.63) is 28.4 Å². The van der Waals surface area contributed by atoms with Crippen LogP contribution in [0.1, 0.15) is 12.8 Å². The highest BCUT2D eigenvalue weighted by molar-refractivity contribution is 8.77. The van der Waals surface area contributed by atoms with Gasteiger partial charge in [0.05, 0.1) is 9.67 Å². The molecule has 1 aromatic heterocycles. The Bertz CT molecular complexity index is 489. The van der Waals surface area contributed by atoms with Gasteiger partial charge in [-0.1, -0.05) is 10.8 Å². The maximum atomic E-state index is 10.5. The predicted molar refractivity (Wildman–Crippen MR) is 70.3 cm³/mol. The lowest BCUT2D eigenvalue weighted by molar-refractivity contribution is -0.385. The van der Waals surface area contributed by atoms with Gasteiger partial charge in [-0.2, -0.15) is 0 Å². The van der Waals surface area contributed by atoms with E-state index < -0.39 is 11.1 Å². The second kappa shape index (κ2) is 5.66. The first-order valence-electron chi connectivity index (χ1n) is 5.33. The van der Waals surface area contributed by atoms with Crippen LogP contribution in [0.25, 0.3) is 0 Å². The van der Waals surface area contributed by atoms with Gasteiger partial charge in [-0.15, -0.1) is 0 Å². The zero-order valence-electron chi connectivity index (χ0n) is 9.64. The number of nitro groups is 1. The molecule has 1 aliphatic carbocycles. The minimum atomic E-state index is -1.27. The highest BCUT2D eigenvalue weighted by atomic mass is 33.1. The summed E-state index contributed by atoms with van der Waals surface area (Å²) in [4.78, 5) is 24.3. The molecule has 7 nitrogen and oxygen atoms in total. The van der Waals surface area contributed by atoms with E-state index in [0.29, 0.717) is 5.03 Å². The van der Waals surface area contributed by atoms with Crippen LogP contribution in [0.2, 0.25) is 0 Å². The largest absolute Gasteiger partial charge is 0.505 e. The monoisotopic (exact) mass is 302 g/mol. The molecule has 0 radical (unpaired) electrons. The molecule has 0 aromatic carbocycles. The second-order valence-electron chi connectivity index (χ2n) is 4.02. The van der Waals surface area contributed by atoms with Crippen LogP contribution >= 0.6 is 21.6 Å². The number of ether oxygens (including phenoxy) is 1. The number of hydrogen-bond donors (Lipinski definition) is 1. The molecule has 0 aliphatic heterocycles. The predicted octanol–water partition coefficient (Wildman–Crippen LogP) is 2.96. The van der Waals surface area contributed by atoms with Crippen molar-refractivity contribution in [3.8, 4) is 0 Å². The Morgan fingerprint density at radius 2 is 2.32 bits per heavy atom. The van der Waals surface area contributed by atoms with Gasteiger partial charge in [0.25, 0.3) is 5.69 Å². The van der Waals surface area contributed by atoms with Crippen molar-refractivity contribution in [3.63, 3.8) is 0 Å². The fraction of sp³-hybridized carbons (Fsp3) is 0.400. The van der Waals surface area contributed by atoms with Gasteiger partial charge in [-0.05, 0) is 29.7 Å². The van der Waals surface area contributed by atoms with E-state index >= 15 is 0 Å². The number of pyridine rings is 1. The van der Waals surface area contributed by atoms with E-state index in [1.165, 1.54) is 33.9 Å². The summed E-state index contributed by atoms with van der Waals surface area (Å²) < 4.78 is 4.41. The standard InChI is InChI=1S/C10H10N2O5S2/c13-9(14)17-6-10(3-4-10)19-18-8-2-1-7(5-11-8)12(15)16/h1-2,5H,3-4,6H2,(H,13,14). The molecule has 1 heterocycles. The molecule has 0 unspecified atom stereocenters. The van der Waals surface area contributed by atoms with E-state index in [0.717, 1.165) is 12.8 Å². The molecule has 1 fully saturated rings. The third-order valence-electron chi connectivity index (χ3n) is 2.50. The van der Waals surface area contributed by atoms with Gasteiger partial charge in [-0.3, -0.25) is 10.1 Å². The van der Waals surface area contributed by atoms with Crippen LogP contribution in [0.3, 0.4) is 0 Å². The van der Waals surface area contributed by atoms with E-state index in [4.69, 9.17) is 5.11 Å². The van der Waals surface area contributed by atoms with Crippen molar-refractivity contribution in [2.45, 2.75) is 22.6 Å². The van der Waals surface area contributed by atoms with Gasteiger partial charge in [0, 0.05) is 6.07 Å². The van der Waals surface area contributed by atoms with Gasteiger partial charge in [0.1, 0.15) is 17.8 Å². The molecule has 0 spiro atoms. The topological polar surface area (TPSA) is 103 Å². The molecule has 1 saturated carbocycles. The molecule has 2 rings (SSSR count). The van der Waals surface area contributed by atoms with Gasteiger partial charge >= 0.3 is 6.16 Å². The molecule has 9 heteroatoms. The summed E-state index contributed by atoms with van der Waals surface area (Å²) in [7, 11) is 2.87. The molecular weight excluding hydrogens is 292 g/mol. The average molecular weight is 302 g/mol. The number of aromatic nitrogens is 1. The number of rotatable bonds is 6. The van der Waals surface area contributed by atoms with Crippen LogP contribution in [0.15, 0.2) is 23.4 Å². The Labute approximate surface area is 116 Å². The number of hydrogen-bond acceptors (Lipinski definition) is 7. The summed E-state index contributed by atoms with van der Waals surface area (Å²) >= 11 is 0. The Hall–Kier alpha value is -1.48. The Kier molecular flexibility index (Phi) is 4.15. The van der Waals surface area contributed by atoms with Gasteiger partial charge < -0.3 is 9.84 Å². The third kappa shape index (κ3) is 4.00. The van der Waals surface area contributed by atoms with Crippen molar-refractivity contribution in [2.24, 2.45) is 0 Å². The average Bonchev–Trinajstić information content (AvgIpc) is 3.15. The van der Waals surface area contributed by atoms with Crippen molar-refractivity contribution in [1.82, 2.24) is 4.98 Å². The lowest BCUT2D eigenvalue weighted by Gasteiger charge is -2.12. The summed E-state index contributed by atoms with van der Waals surface area (Å²) in [6.45, 7) is 0.160. The van der Waals surface area contributed by atoms with Crippen LogP contribution in [0.5, 0.6) is 0 Å². The molecule has 0 amide bonds. The van der Waals surface area contributed by atoms with Crippen LogP contribution in [-0.4, -0.2) is 32.5 Å². The number of nitrogens with zero attached hydrogens (tertiary/aromatic N) is 2. The first-order chi connectivity index (χ1) is 9.01. The summed E-state index contributed by atoms with van der Waals surface area (Å²) in [6.07, 6.45) is 1.72. The quantitative estimate of drug-likeness (QED) is 0.370. The van der Waals surface area contributed by atoms with Crippen molar-refractivity contribution in [1.29, 1.82) is 0 Å². The highest BCUT2D eigenvalue weighted by Crippen LogP contribution is 2.55. The van der Waals surface area contributed by atoms with Crippen LogP contribution < -0.4 is 0 Å². The van der Waals surface area contributed by atoms with Gasteiger partial charge in [-0.25, -0.2) is 9.78 Å². The smallest absolute Gasteiger partial charge is 0.450 e. The van der Waals surface area contributed by atoms with E-state index in [2.05, 4.69) is 9.72 Å². The minimum absolute atomic E-state index is 0.0512. The van der Waals surface area contributed by atoms with Crippen LogP contribution in [0.4, 0.5) is 10.5 Å². The van der Waals surface area contributed by atoms with Crippen molar-refractivity contribution < 1.29 is 19.6 Å². The van der Waals surface area contributed by atoms with E-state index in [-0.39, 0.29) is 17.0 Å². The minimum Gasteiger partial charge on any atom is -0.450 e. The zero-order chi connectivity index (χ0) is 13.9. The van der Waals surface area contributed by atoms with Crippen LogP contribution in [0, 0.1) is 10.1 Å². The molecule has 0 bridgehead atoms. The fourth-order valence-corrected chi connectivity index (χ4v) is 3.83. The molecule has 0 atom stereocenters. The number of carbonyl (C=O) groups is 1. The normalized spacial score (nSPS) is 15.8. The zero-order valence-corrected chi connectivity index (χ0v) is 11.3. The first kappa shape index (κ1) is 13.9. The molecule has 19 heavy (non-hydrogen) atoms. The fourth-order valence-electron chi connectivity index (χ4n) is 1.25.